The van der Waals surface area contributed by atoms with E-state index in [9.17, 15) is 9.18 Å². The SMILES string of the molecule is Cn1nccc1[C@H]1CCCN([C@@H]2CCN(c3ccccc3F)C2=O)C1. The Hall–Kier alpha value is -2.21. The van der Waals surface area contributed by atoms with Crippen molar-refractivity contribution in [2.45, 2.75) is 31.2 Å². The molecule has 6 heteroatoms. The van der Waals surface area contributed by atoms with Crippen LogP contribution in [0.2, 0.25) is 0 Å². The predicted molar refractivity (Wildman–Crippen MR) is 93.9 cm³/mol. The number of amides is 1. The van der Waals surface area contributed by atoms with Gasteiger partial charge in [-0.05, 0) is 44.0 Å². The molecule has 4 rings (SSSR count). The van der Waals surface area contributed by atoms with E-state index in [0.29, 0.717) is 18.2 Å². The minimum absolute atomic E-state index is 0.0238. The number of hydrogen-bond donors (Lipinski definition) is 0. The Balaban J connectivity index is 1.50. The van der Waals surface area contributed by atoms with Gasteiger partial charge in [-0.3, -0.25) is 14.4 Å². The highest BCUT2D eigenvalue weighted by molar-refractivity contribution is 5.99. The molecule has 0 aliphatic carbocycles. The number of aryl methyl sites for hydroxylation is 1. The number of halogens is 1. The summed E-state index contributed by atoms with van der Waals surface area (Å²) in [6.45, 7) is 2.37. The second kappa shape index (κ2) is 6.59. The molecule has 0 unspecified atom stereocenters. The smallest absolute Gasteiger partial charge is 0.244 e. The van der Waals surface area contributed by atoms with E-state index in [0.717, 1.165) is 32.4 Å². The summed E-state index contributed by atoms with van der Waals surface area (Å²) in [6.07, 6.45) is 4.77. The summed E-state index contributed by atoms with van der Waals surface area (Å²) >= 11 is 0. The number of hydrogen-bond acceptors (Lipinski definition) is 3. The van der Waals surface area contributed by atoms with Gasteiger partial charge in [0, 0.05) is 37.9 Å². The van der Waals surface area contributed by atoms with E-state index in [4.69, 9.17) is 0 Å². The van der Waals surface area contributed by atoms with Crippen molar-refractivity contribution in [3.05, 3.63) is 48.0 Å². The van der Waals surface area contributed by atoms with Crippen molar-refractivity contribution in [3.8, 4) is 0 Å². The summed E-state index contributed by atoms with van der Waals surface area (Å²) in [7, 11) is 1.97. The molecule has 2 fully saturated rings. The fraction of sp³-hybridized carbons (Fsp3) is 0.474. The molecule has 2 aromatic rings. The summed E-state index contributed by atoms with van der Waals surface area (Å²) in [4.78, 5) is 16.8. The van der Waals surface area contributed by atoms with E-state index >= 15 is 0 Å². The molecule has 5 nitrogen and oxygen atoms in total. The highest BCUT2D eigenvalue weighted by Gasteiger charge is 2.39. The number of likely N-dealkylation sites (tertiary alicyclic amines) is 1. The lowest BCUT2D eigenvalue weighted by Gasteiger charge is -2.36. The van der Waals surface area contributed by atoms with Crippen LogP contribution < -0.4 is 4.90 Å². The molecule has 0 spiro atoms. The number of carbonyl (C=O) groups excluding carboxylic acids is 1. The van der Waals surface area contributed by atoms with Crippen molar-refractivity contribution in [2.24, 2.45) is 7.05 Å². The topological polar surface area (TPSA) is 41.4 Å². The molecule has 25 heavy (non-hydrogen) atoms. The number of anilines is 1. The molecule has 2 aliphatic rings. The molecule has 2 aliphatic heterocycles. The molecule has 1 aromatic heterocycles. The van der Waals surface area contributed by atoms with Gasteiger partial charge in [0.25, 0.3) is 0 Å². The van der Waals surface area contributed by atoms with Crippen molar-refractivity contribution in [1.29, 1.82) is 0 Å². The summed E-state index contributed by atoms with van der Waals surface area (Å²) in [6, 6.07) is 8.45. The molecule has 3 heterocycles. The second-order valence-corrected chi connectivity index (χ2v) is 6.96. The Labute approximate surface area is 147 Å². The third-order valence-electron chi connectivity index (χ3n) is 5.49. The van der Waals surface area contributed by atoms with Gasteiger partial charge in [0.15, 0.2) is 0 Å². The first-order chi connectivity index (χ1) is 12.1. The molecule has 1 aromatic carbocycles. The molecule has 132 valence electrons. The van der Waals surface area contributed by atoms with Crippen LogP contribution in [-0.2, 0) is 11.8 Å². The van der Waals surface area contributed by atoms with E-state index in [-0.39, 0.29) is 17.8 Å². The van der Waals surface area contributed by atoms with Gasteiger partial charge in [0.1, 0.15) is 5.82 Å². The quantitative estimate of drug-likeness (QED) is 0.861. The minimum atomic E-state index is -0.331. The zero-order chi connectivity index (χ0) is 17.4. The molecule has 0 bridgehead atoms. The lowest BCUT2D eigenvalue weighted by atomic mass is 9.93. The maximum atomic E-state index is 14.1. The third-order valence-corrected chi connectivity index (χ3v) is 5.49. The summed E-state index contributed by atoms with van der Waals surface area (Å²) in [5, 5.41) is 4.27. The Morgan fingerprint density at radius 1 is 1.16 bits per heavy atom. The fourth-order valence-corrected chi connectivity index (χ4v) is 4.23. The monoisotopic (exact) mass is 342 g/mol. The summed E-state index contributed by atoms with van der Waals surface area (Å²) < 4.78 is 16.0. The highest BCUT2D eigenvalue weighted by atomic mass is 19.1. The molecule has 2 atom stereocenters. The van der Waals surface area contributed by atoms with Crippen LogP contribution in [0.5, 0.6) is 0 Å². The molecule has 0 N–H and O–H groups in total. The first kappa shape index (κ1) is 16.3. The average Bonchev–Trinajstić information content (AvgIpc) is 3.21. The molecular formula is C19H23FN4O. The molecular weight excluding hydrogens is 319 g/mol. The van der Waals surface area contributed by atoms with E-state index in [1.807, 2.05) is 17.9 Å². The number of piperidine rings is 1. The first-order valence-electron chi connectivity index (χ1n) is 8.93. The number of rotatable bonds is 3. The van der Waals surface area contributed by atoms with Crippen molar-refractivity contribution < 1.29 is 9.18 Å². The Morgan fingerprint density at radius 2 is 2.00 bits per heavy atom. The largest absolute Gasteiger partial charge is 0.308 e. The number of aromatic nitrogens is 2. The van der Waals surface area contributed by atoms with Crippen molar-refractivity contribution in [1.82, 2.24) is 14.7 Å². The summed E-state index contributed by atoms with van der Waals surface area (Å²) in [5.74, 6) is 0.0928. The standard InChI is InChI=1S/C19H23FN4O/c1-22-16(8-10-21-22)14-5-4-11-23(13-14)18-9-12-24(19(18)25)17-7-3-2-6-15(17)20/h2-3,6-8,10,14,18H,4-5,9,11-13H2,1H3/t14-,18+/m0/s1. The van der Waals surface area contributed by atoms with Crippen LogP contribution in [0, 0.1) is 5.82 Å². The number of para-hydroxylation sites is 1. The highest BCUT2D eigenvalue weighted by Crippen LogP contribution is 2.32. The Kier molecular flexibility index (Phi) is 4.29. The van der Waals surface area contributed by atoms with Crippen LogP contribution >= 0.6 is 0 Å². The van der Waals surface area contributed by atoms with Crippen molar-refractivity contribution >= 4 is 11.6 Å². The number of benzene rings is 1. The summed E-state index contributed by atoms with van der Waals surface area (Å²) in [5.41, 5.74) is 1.62. The van der Waals surface area contributed by atoms with Gasteiger partial charge in [-0.25, -0.2) is 4.39 Å². The van der Waals surface area contributed by atoms with Crippen molar-refractivity contribution in [2.75, 3.05) is 24.5 Å². The third kappa shape index (κ3) is 2.95. The number of nitrogens with zero attached hydrogens (tertiary/aromatic N) is 4. The molecule has 1 amide bonds. The van der Waals surface area contributed by atoms with Crippen LogP contribution in [-0.4, -0.2) is 46.3 Å². The van der Waals surface area contributed by atoms with Crippen molar-refractivity contribution in [3.63, 3.8) is 0 Å². The first-order valence-corrected chi connectivity index (χ1v) is 8.93. The lowest BCUT2D eigenvalue weighted by Crippen LogP contribution is -2.46. The van der Waals surface area contributed by atoms with Gasteiger partial charge in [0.05, 0.1) is 11.7 Å². The van der Waals surface area contributed by atoms with Crippen LogP contribution in [0.15, 0.2) is 36.5 Å². The van der Waals surface area contributed by atoms with Gasteiger partial charge in [-0.15, -0.1) is 0 Å². The Bertz CT molecular complexity index is 774. The van der Waals surface area contributed by atoms with Gasteiger partial charge in [-0.2, -0.15) is 5.10 Å². The Morgan fingerprint density at radius 3 is 2.76 bits per heavy atom. The molecule has 0 radical (unpaired) electrons. The van der Waals surface area contributed by atoms with E-state index < -0.39 is 0 Å². The van der Waals surface area contributed by atoms with Gasteiger partial charge in [-0.1, -0.05) is 12.1 Å². The zero-order valence-electron chi connectivity index (χ0n) is 14.4. The maximum Gasteiger partial charge on any atom is 0.244 e. The number of carbonyl (C=O) groups is 1. The van der Waals surface area contributed by atoms with E-state index in [1.54, 1.807) is 23.1 Å². The van der Waals surface area contributed by atoms with E-state index in [2.05, 4.69) is 16.1 Å². The fourth-order valence-electron chi connectivity index (χ4n) is 4.23. The zero-order valence-corrected chi connectivity index (χ0v) is 14.4. The average molecular weight is 342 g/mol. The lowest BCUT2D eigenvalue weighted by molar-refractivity contribution is -0.122. The van der Waals surface area contributed by atoms with Gasteiger partial charge in [0.2, 0.25) is 5.91 Å². The normalized spacial score (nSPS) is 24.9. The minimum Gasteiger partial charge on any atom is -0.308 e. The van der Waals surface area contributed by atoms with Gasteiger partial charge >= 0.3 is 0 Å². The molecule has 2 saturated heterocycles. The predicted octanol–water partition coefficient (Wildman–Crippen LogP) is 2.54. The van der Waals surface area contributed by atoms with Crippen LogP contribution in [0.3, 0.4) is 0 Å². The molecule has 0 saturated carbocycles. The van der Waals surface area contributed by atoms with Gasteiger partial charge < -0.3 is 4.90 Å². The van der Waals surface area contributed by atoms with E-state index in [1.165, 1.54) is 11.8 Å². The second-order valence-electron chi connectivity index (χ2n) is 6.96. The maximum absolute atomic E-state index is 14.1. The van der Waals surface area contributed by atoms with Crippen LogP contribution in [0.1, 0.15) is 30.9 Å². The van der Waals surface area contributed by atoms with Crippen LogP contribution in [0.25, 0.3) is 0 Å². The van der Waals surface area contributed by atoms with Crippen LogP contribution in [0.4, 0.5) is 10.1 Å².